The van der Waals surface area contributed by atoms with Crippen LogP contribution < -0.4 is 16.6 Å². The summed E-state index contributed by atoms with van der Waals surface area (Å²) in [5.41, 5.74) is 0.927. The van der Waals surface area contributed by atoms with Crippen LogP contribution in [0.3, 0.4) is 0 Å². The van der Waals surface area contributed by atoms with Crippen molar-refractivity contribution in [2.45, 2.75) is 6.54 Å². The van der Waals surface area contributed by atoms with Gasteiger partial charge in [-0.15, -0.1) is 0 Å². The summed E-state index contributed by atoms with van der Waals surface area (Å²) in [6.07, 6.45) is 0. The largest absolute Gasteiger partial charge is 0.351 e. The van der Waals surface area contributed by atoms with Crippen molar-refractivity contribution in [1.82, 2.24) is 19.4 Å². The fraction of sp³-hybridized carbons (Fsp3) is 0.188. The van der Waals surface area contributed by atoms with E-state index in [1.54, 1.807) is 13.1 Å². The Morgan fingerprint density at radius 3 is 2.61 bits per heavy atom. The number of aromatic amines is 1. The van der Waals surface area contributed by atoms with Gasteiger partial charge in [0.25, 0.3) is 11.5 Å². The first-order valence-corrected chi connectivity index (χ1v) is 7.09. The smallest absolute Gasteiger partial charge is 0.330 e. The van der Waals surface area contributed by atoms with E-state index >= 15 is 0 Å². The van der Waals surface area contributed by atoms with Gasteiger partial charge in [-0.25, -0.2) is 4.79 Å². The highest BCUT2D eigenvalue weighted by Crippen LogP contribution is 2.14. The SMILES string of the molecule is Cn1c(CNC(=O)c2cc3ccccc3[nH]2)cc(=O)n(C)c1=O. The molecule has 2 N–H and O–H groups in total. The summed E-state index contributed by atoms with van der Waals surface area (Å²) in [7, 11) is 2.98. The number of hydrogen-bond donors (Lipinski definition) is 2. The minimum Gasteiger partial charge on any atom is -0.351 e. The van der Waals surface area contributed by atoms with E-state index in [2.05, 4.69) is 10.3 Å². The standard InChI is InChI=1S/C16H16N4O3/c1-19-11(8-14(21)20(2)16(19)23)9-17-15(22)13-7-10-5-3-4-6-12(10)18-13/h3-8,18H,9H2,1-2H3,(H,17,22). The Morgan fingerprint density at radius 1 is 1.13 bits per heavy atom. The topological polar surface area (TPSA) is 88.9 Å². The molecule has 0 atom stereocenters. The second kappa shape index (κ2) is 5.60. The van der Waals surface area contributed by atoms with Crippen molar-refractivity contribution in [3.8, 4) is 0 Å². The van der Waals surface area contributed by atoms with Crippen LogP contribution in [0, 0.1) is 0 Å². The molecule has 1 aromatic carbocycles. The number of amides is 1. The van der Waals surface area contributed by atoms with Crippen LogP contribution in [0.5, 0.6) is 0 Å². The summed E-state index contributed by atoms with van der Waals surface area (Å²) in [6.45, 7) is 0.0933. The maximum atomic E-state index is 12.2. The lowest BCUT2D eigenvalue weighted by atomic mass is 10.2. The first kappa shape index (κ1) is 14.8. The van der Waals surface area contributed by atoms with Crippen molar-refractivity contribution < 1.29 is 4.79 Å². The van der Waals surface area contributed by atoms with Gasteiger partial charge >= 0.3 is 5.69 Å². The molecule has 0 radical (unpaired) electrons. The number of rotatable bonds is 3. The van der Waals surface area contributed by atoms with E-state index in [-0.39, 0.29) is 12.5 Å². The minimum absolute atomic E-state index is 0.0933. The van der Waals surface area contributed by atoms with Crippen molar-refractivity contribution in [1.29, 1.82) is 0 Å². The normalized spacial score (nSPS) is 10.9. The van der Waals surface area contributed by atoms with E-state index in [4.69, 9.17) is 0 Å². The van der Waals surface area contributed by atoms with Crippen molar-refractivity contribution in [2.24, 2.45) is 14.1 Å². The fourth-order valence-corrected chi connectivity index (χ4v) is 2.41. The van der Waals surface area contributed by atoms with Crippen molar-refractivity contribution in [3.05, 3.63) is 68.6 Å². The quantitative estimate of drug-likeness (QED) is 0.738. The molecule has 0 spiro atoms. The molecule has 7 heteroatoms. The van der Waals surface area contributed by atoms with E-state index < -0.39 is 11.2 Å². The highest BCUT2D eigenvalue weighted by Gasteiger charge is 2.11. The molecule has 3 rings (SSSR count). The second-order valence-electron chi connectivity index (χ2n) is 5.33. The summed E-state index contributed by atoms with van der Waals surface area (Å²) in [5, 5.41) is 3.66. The predicted molar refractivity (Wildman–Crippen MR) is 86.4 cm³/mol. The summed E-state index contributed by atoms with van der Waals surface area (Å²) >= 11 is 0. The third-order valence-corrected chi connectivity index (χ3v) is 3.83. The summed E-state index contributed by atoms with van der Waals surface area (Å²) in [4.78, 5) is 38.8. The Kier molecular flexibility index (Phi) is 3.61. The molecule has 0 aliphatic rings. The van der Waals surface area contributed by atoms with Gasteiger partial charge in [0.1, 0.15) is 5.69 Å². The molecular weight excluding hydrogens is 296 g/mol. The Balaban J connectivity index is 1.82. The molecule has 0 bridgehead atoms. The number of H-pyrrole nitrogens is 1. The molecule has 0 aliphatic heterocycles. The number of para-hydroxylation sites is 1. The first-order chi connectivity index (χ1) is 11.0. The molecule has 23 heavy (non-hydrogen) atoms. The summed E-state index contributed by atoms with van der Waals surface area (Å²) in [5.74, 6) is -0.297. The van der Waals surface area contributed by atoms with E-state index in [1.807, 2.05) is 24.3 Å². The minimum atomic E-state index is -0.424. The number of hydrogen-bond acceptors (Lipinski definition) is 3. The summed E-state index contributed by atoms with van der Waals surface area (Å²) in [6, 6.07) is 10.7. The van der Waals surface area contributed by atoms with E-state index in [0.717, 1.165) is 15.5 Å². The third-order valence-electron chi connectivity index (χ3n) is 3.83. The molecule has 0 saturated heterocycles. The first-order valence-electron chi connectivity index (χ1n) is 7.09. The van der Waals surface area contributed by atoms with Crippen molar-refractivity contribution in [3.63, 3.8) is 0 Å². The molecule has 7 nitrogen and oxygen atoms in total. The molecule has 0 saturated carbocycles. The zero-order valence-corrected chi connectivity index (χ0v) is 12.8. The predicted octanol–water partition coefficient (Wildman–Crippen LogP) is 0.495. The van der Waals surface area contributed by atoms with Gasteiger partial charge in [0.05, 0.1) is 6.54 Å². The maximum Gasteiger partial charge on any atom is 0.330 e. The zero-order valence-electron chi connectivity index (χ0n) is 12.8. The van der Waals surface area contributed by atoms with Gasteiger partial charge in [0, 0.05) is 36.8 Å². The maximum absolute atomic E-state index is 12.2. The Labute approximate surface area is 131 Å². The molecule has 3 aromatic rings. The van der Waals surface area contributed by atoms with Crippen LogP contribution in [0.2, 0.25) is 0 Å². The fourth-order valence-electron chi connectivity index (χ4n) is 2.41. The van der Waals surface area contributed by atoms with Gasteiger partial charge in [-0.3, -0.25) is 18.7 Å². The number of fused-ring (bicyclic) bond motifs is 1. The van der Waals surface area contributed by atoms with E-state index in [1.165, 1.54) is 17.7 Å². The highest BCUT2D eigenvalue weighted by molar-refractivity contribution is 5.97. The van der Waals surface area contributed by atoms with Crippen LogP contribution in [0.25, 0.3) is 10.9 Å². The van der Waals surface area contributed by atoms with Crippen LogP contribution in [-0.2, 0) is 20.6 Å². The molecule has 2 aromatic heterocycles. The van der Waals surface area contributed by atoms with Gasteiger partial charge in [-0.05, 0) is 12.1 Å². The molecule has 2 heterocycles. The van der Waals surface area contributed by atoms with E-state index in [9.17, 15) is 14.4 Å². The zero-order chi connectivity index (χ0) is 16.6. The van der Waals surface area contributed by atoms with Crippen LogP contribution in [0.4, 0.5) is 0 Å². The van der Waals surface area contributed by atoms with Gasteiger partial charge in [-0.1, -0.05) is 18.2 Å². The van der Waals surface area contributed by atoms with Crippen LogP contribution in [0.15, 0.2) is 46.0 Å². The molecule has 0 fully saturated rings. The average molecular weight is 312 g/mol. The number of carbonyl (C=O) groups is 1. The number of carbonyl (C=O) groups excluding carboxylic acids is 1. The average Bonchev–Trinajstić information content (AvgIpc) is 2.99. The number of nitrogens with zero attached hydrogens (tertiary/aromatic N) is 2. The second-order valence-corrected chi connectivity index (χ2v) is 5.33. The van der Waals surface area contributed by atoms with Gasteiger partial charge in [0.15, 0.2) is 0 Å². The Hall–Kier alpha value is -3.09. The van der Waals surface area contributed by atoms with Crippen LogP contribution in [0.1, 0.15) is 16.2 Å². The molecule has 0 unspecified atom stereocenters. The highest BCUT2D eigenvalue weighted by atomic mass is 16.2. The van der Waals surface area contributed by atoms with E-state index in [0.29, 0.717) is 11.4 Å². The van der Waals surface area contributed by atoms with Gasteiger partial charge in [-0.2, -0.15) is 0 Å². The molecule has 118 valence electrons. The number of nitrogens with one attached hydrogen (secondary N) is 2. The van der Waals surface area contributed by atoms with Crippen molar-refractivity contribution in [2.75, 3.05) is 0 Å². The van der Waals surface area contributed by atoms with Crippen LogP contribution >= 0.6 is 0 Å². The van der Waals surface area contributed by atoms with Gasteiger partial charge < -0.3 is 10.3 Å². The third kappa shape index (κ3) is 2.68. The molecular formula is C16H16N4O3. The lowest BCUT2D eigenvalue weighted by molar-refractivity contribution is 0.0946. The van der Waals surface area contributed by atoms with Crippen molar-refractivity contribution >= 4 is 16.8 Å². The molecule has 1 amide bonds. The van der Waals surface area contributed by atoms with Gasteiger partial charge in [0.2, 0.25) is 0 Å². The Bertz CT molecular complexity index is 977. The molecule has 0 aliphatic carbocycles. The number of aromatic nitrogens is 3. The monoisotopic (exact) mass is 312 g/mol. The Morgan fingerprint density at radius 2 is 1.87 bits per heavy atom. The number of benzene rings is 1. The summed E-state index contributed by atoms with van der Waals surface area (Å²) < 4.78 is 2.36. The lowest BCUT2D eigenvalue weighted by Gasteiger charge is -2.10. The van der Waals surface area contributed by atoms with Crippen LogP contribution in [-0.4, -0.2) is 20.0 Å². The lowest BCUT2D eigenvalue weighted by Crippen LogP contribution is -2.39.